The summed E-state index contributed by atoms with van der Waals surface area (Å²) in [5, 5.41) is 7.91. The minimum Gasteiger partial charge on any atom is -0.493 e. The summed E-state index contributed by atoms with van der Waals surface area (Å²) in [5.74, 6) is 2.20. The number of methoxy groups -OCH3 is 2. The maximum atomic E-state index is 5.66. The number of nitrogens with one attached hydrogen (secondary N) is 1. The first kappa shape index (κ1) is 16.9. The molecule has 0 unspecified atom stereocenters. The maximum absolute atomic E-state index is 5.66. The molecular formula is C19H19BrN4O2. The number of aromatic nitrogens is 3. The van der Waals surface area contributed by atoms with Gasteiger partial charge < -0.3 is 14.8 Å². The molecule has 0 fully saturated rings. The zero-order valence-electron chi connectivity index (χ0n) is 14.5. The Labute approximate surface area is 160 Å². The third kappa shape index (κ3) is 2.92. The van der Waals surface area contributed by atoms with E-state index in [1.54, 1.807) is 20.5 Å². The summed E-state index contributed by atoms with van der Waals surface area (Å²) in [6, 6.07) is 14.4. The van der Waals surface area contributed by atoms with Gasteiger partial charge in [0.2, 0.25) is 5.95 Å². The van der Waals surface area contributed by atoms with Gasteiger partial charge in [0.05, 0.1) is 26.3 Å². The summed E-state index contributed by atoms with van der Waals surface area (Å²) >= 11 is 3.50. The lowest BCUT2D eigenvalue weighted by Gasteiger charge is -2.32. The molecule has 3 aromatic rings. The van der Waals surface area contributed by atoms with Crippen LogP contribution >= 0.6 is 15.9 Å². The molecule has 134 valence electrons. The summed E-state index contributed by atoms with van der Waals surface area (Å²) in [7, 11) is 3.31. The Balaban J connectivity index is 1.78. The fourth-order valence-corrected chi connectivity index (χ4v) is 3.73. The summed E-state index contributed by atoms with van der Waals surface area (Å²) < 4.78 is 14.1. The molecule has 0 aliphatic carbocycles. The third-order valence-electron chi connectivity index (χ3n) is 4.70. The highest BCUT2D eigenvalue weighted by Gasteiger charge is 2.32. The smallest absolute Gasteiger partial charge is 0.222 e. The Bertz CT molecular complexity index is 910. The number of rotatable bonds is 4. The molecule has 0 bridgehead atoms. The van der Waals surface area contributed by atoms with Gasteiger partial charge in [0.1, 0.15) is 6.33 Å². The van der Waals surface area contributed by atoms with Gasteiger partial charge in [-0.15, -0.1) is 0 Å². The largest absolute Gasteiger partial charge is 0.493 e. The molecule has 0 radical (unpaired) electrons. The Morgan fingerprint density at radius 2 is 1.92 bits per heavy atom. The first-order chi connectivity index (χ1) is 12.7. The molecule has 26 heavy (non-hydrogen) atoms. The van der Waals surface area contributed by atoms with Gasteiger partial charge in [-0.1, -0.05) is 40.2 Å². The average molecular weight is 415 g/mol. The van der Waals surface area contributed by atoms with Crippen LogP contribution in [0, 0.1) is 0 Å². The van der Waals surface area contributed by atoms with E-state index in [-0.39, 0.29) is 12.1 Å². The van der Waals surface area contributed by atoms with E-state index in [9.17, 15) is 0 Å². The molecule has 1 N–H and O–H groups in total. The van der Waals surface area contributed by atoms with Crippen molar-refractivity contribution in [2.45, 2.75) is 18.5 Å². The van der Waals surface area contributed by atoms with Crippen molar-refractivity contribution in [2.24, 2.45) is 0 Å². The number of hydrogen-bond acceptors (Lipinski definition) is 5. The third-order valence-corrected chi connectivity index (χ3v) is 5.22. The first-order valence-electron chi connectivity index (χ1n) is 8.33. The highest BCUT2D eigenvalue weighted by Crippen LogP contribution is 2.43. The fourth-order valence-electron chi connectivity index (χ4n) is 3.47. The maximum Gasteiger partial charge on any atom is 0.222 e. The molecule has 6 nitrogen and oxygen atoms in total. The lowest BCUT2D eigenvalue weighted by Crippen LogP contribution is -2.28. The highest BCUT2D eigenvalue weighted by molar-refractivity contribution is 9.10. The van der Waals surface area contributed by atoms with Crippen molar-refractivity contribution in [3.63, 3.8) is 0 Å². The molecule has 2 aromatic carbocycles. The second-order valence-corrected chi connectivity index (χ2v) is 7.03. The van der Waals surface area contributed by atoms with E-state index in [0.717, 1.165) is 28.2 Å². The van der Waals surface area contributed by atoms with Crippen LogP contribution in [-0.2, 0) is 0 Å². The van der Waals surface area contributed by atoms with Gasteiger partial charge in [0.15, 0.2) is 11.5 Å². The van der Waals surface area contributed by atoms with Gasteiger partial charge in [0.25, 0.3) is 0 Å². The quantitative estimate of drug-likeness (QED) is 0.692. The highest BCUT2D eigenvalue weighted by atomic mass is 79.9. The molecule has 1 aliphatic rings. The van der Waals surface area contributed by atoms with E-state index in [1.165, 1.54) is 5.56 Å². The van der Waals surface area contributed by atoms with Crippen molar-refractivity contribution in [2.75, 3.05) is 19.5 Å². The summed E-state index contributed by atoms with van der Waals surface area (Å²) in [6.07, 6.45) is 2.40. The Morgan fingerprint density at radius 3 is 2.65 bits per heavy atom. The zero-order valence-corrected chi connectivity index (χ0v) is 16.1. The van der Waals surface area contributed by atoms with Gasteiger partial charge >= 0.3 is 0 Å². The van der Waals surface area contributed by atoms with Crippen molar-refractivity contribution in [3.8, 4) is 11.5 Å². The first-order valence-corrected chi connectivity index (χ1v) is 9.13. The van der Waals surface area contributed by atoms with Crippen LogP contribution in [0.1, 0.15) is 29.6 Å². The molecule has 0 saturated carbocycles. The van der Waals surface area contributed by atoms with Crippen molar-refractivity contribution >= 4 is 21.9 Å². The zero-order chi connectivity index (χ0) is 18.1. The van der Waals surface area contributed by atoms with Gasteiger partial charge in [-0.3, -0.25) is 0 Å². The number of halogens is 1. The van der Waals surface area contributed by atoms with Gasteiger partial charge in [-0.05, 0) is 30.2 Å². The van der Waals surface area contributed by atoms with Crippen LogP contribution in [0.15, 0.2) is 53.3 Å². The molecule has 1 aromatic heterocycles. The van der Waals surface area contributed by atoms with Crippen LogP contribution in [0.3, 0.4) is 0 Å². The van der Waals surface area contributed by atoms with Crippen molar-refractivity contribution in [1.29, 1.82) is 0 Å². The predicted molar refractivity (Wildman–Crippen MR) is 103 cm³/mol. The SMILES string of the molecule is COc1cccc([C@@H]2C[C@H](c3ccc(Br)cc3)Nc3ncnn32)c1OC. The molecule has 7 heteroatoms. The van der Waals surface area contributed by atoms with Crippen molar-refractivity contribution in [3.05, 3.63) is 64.4 Å². The van der Waals surface area contributed by atoms with Crippen LogP contribution in [0.4, 0.5) is 5.95 Å². The van der Waals surface area contributed by atoms with E-state index in [1.807, 2.05) is 16.8 Å². The van der Waals surface area contributed by atoms with Crippen molar-refractivity contribution in [1.82, 2.24) is 14.8 Å². The number of hydrogen-bond donors (Lipinski definition) is 1. The number of ether oxygens (including phenoxy) is 2. The minimum absolute atomic E-state index is 0.00699. The minimum atomic E-state index is -0.00699. The lowest BCUT2D eigenvalue weighted by atomic mass is 9.92. The Kier molecular flexibility index (Phi) is 4.55. The van der Waals surface area contributed by atoms with E-state index >= 15 is 0 Å². The second-order valence-electron chi connectivity index (χ2n) is 6.11. The molecule has 4 rings (SSSR count). The number of nitrogens with zero attached hydrogens (tertiary/aromatic N) is 3. The van der Waals surface area contributed by atoms with Crippen LogP contribution in [0.25, 0.3) is 0 Å². The molecule has 2 atom stereocenters. The van der Waals surface area contributed by atoms with Gasteiger partial charge in [-0.25, -0.2) is 4.68 Å². The van der Waals surface area contributed by atoms with E-state index in [0.29, 0.717) is 5.75 Å². The summed E-state index contributed by atoms with van der Waals surface area (Å²) in [5.41, 5.74) is 2.23. The fraction of sp³-hybridized carbons (Fsp3) is 0.263. The molecule has 1 aliphatic heterocycles. The average Bonchev–Trinajstić information content (AvgIpc) is 3.15. The topological polar surface area (TPSA) is 61.2 Å². The number of anilines is 1. The van der Waals surface area contributed by atoms with Gasteiger partial charge in [0, 0.05) is 10.0 Å². The number of fused-ring (bicyclic) bond motifs is 1. The van der Waals surface area contributed by atoms with E-state index in [4.69, 9.17) is 9.47 Å². The molecular weight excluding hydrogens is 396 g/mol. The molecule has 0 saturated heterocycles. The summed E-state index contributed by atoms with van der Waals surface area (Å²) in [4.78, 5) is 4.38. The second kappa shape index (κ2) is 6.99. The molecule has 2 heterocycles. The van der Waals surface area contributed by atoms with Gasteiger partial charge in [-0.2, -0.15) is 10.1 Å². The lowest BCUT2D eigenvalue weighted by molar-refractivity contribution is 0.340. The van der Waals surface area contributed by atoms with Crippen LogP contribution < -0.4 is 14.8 Å². The van der Waals surface area contributed by atoms with Crippen LogP contribution in [-0.4, -0.2) is 29.0 Å². The van der Waals surface area contributed by atoms with Crippen LogP contribution in [0.5, 0.6) is 11.5 Å². The number of para-hydroxylation sites is 1. The Morgan fingerprint density at radius 1 is 1.12 bits per heavy atom. The molecule has 0 spiro atoms. The normalized spacial score (nSPS) is 18.7. The standard InChI is InChI=1S/C19H19BrN4O2/c1-25-17-5-3-4-14(18(17)26-2)16-10-15(12-6-8-13(20)9-7-12)23-19-21-11-22-24(16)19/h3-9,11,15-16H,10H2,1-2H3,(H,21,22,23)/t15-,16+/m1/s1. The monoisotopic (exact) mass is 414 g/mol. The van der Waals surface area contributed by atoms with Crippen molar-refractivity contribution < 1.29 is 9.47 Å². The molecule has 0 amide bonds. The van der Waals surface area contributed by atoms with E-state index < -0.39 is 0 Å². The predicted octanol–water partition coefficient (Wildman–Crippen LogP) is 4.20. The summed E-state index contributed by atoms with van der Waals surface area (Å²) in [6.45, 7) is 0. The number of benzene rings is 2. The van der Waals surface area contributed by atoms with E-state index in [2.05, 4.69) is 61.7 Å². The Hall–Kier alpha value is -2.54. The van der Waals surface area contributed by atoms with Crippen LogP contribution in [0.2, 0.25) is 0 Å².